The molecule has 0 heterocycles. The molecule has 0 fully saturated rings. The van der Waals surface area contributed by atoms with Crippen LogP contribution in [0.1, 0.15) is 6.42 Å². The molecule has 0 aromatic heterocycles. The van der Waals surface area contributed by atoms with Gasteiger partial charge in [-0.1, -0.05) is 0 Å². The van der Waals surface area contributed by atoms with Gasteiger partial charge in [0.1, 0.15) is 6.04 Å². The number of carbonyl (C=O) groups is 2. The standard InChI is InChI=1S/C4H8ClN3O2/c5-8-2(4(7)10)1-3(6)9/h2,8H,1H2,(H2,6,9)(H2,7,10). The maximum Gasteiger partial charge on any atom is 0.236 e. The Morgan fingerprint density at radius 1 is 1.50 bits per heavy atom. The minimum atomic E-state index is -0.876. The fourth-order valence-electron chi connectivity index (χ4n) is 0.394. The Bertz CT molecular complexity index is 149. The molecule has 0 bridgehead atoms. The van der Waals surface area contributed by atoms with Crippen molar-refractivity contribution in [3.8, 4) is 0 Å². The summed E-state index contributed by atoms with van der Waals surface area (Å²) in [7, 11) is 0. The van der Waals surface area contributed by atoms with Crippen LogP contribution in [0, 0.1) is 0 Å². The number of hydrogen-bond acceptors (Lipinski definition) is 3. The monoisotopic (exact) mass is 165 g/mol. The molecule has 6 heteroatoms. The van der Waals surface area contributed by atoms with Gasteiger partial charge in [-0.15, -0.1) is 0 Å². The summed E-state index contributed by atoms with van der Waals surface area (Å²) in [6.07, 6.45) is -0.182. The lowest BCUT2D eigenvalue weighted by Gasteiger charge is -2.06. The summed E-state index contributed by atoms with van der Waals surface area (Å²) in [5, 5.41) is 0. The van der Waals surface area contributed by atoms with Crippen LogP contribution in [0.15, 0.2) is 0 Å². The van der Waals surface area contributed by atoms with Crippen LogP contribution in [0.3, 0.4) is 0 Å². The third-order valence-corrected chi connectivity index (χ3v) is 1.14. The Kier molecular flexibility index (Phi) is 3.75. The SMILES string of the molecule is NC(=O)CC(NCl)C(N)=O. The van der Waals surface area contributed by atoms with Crippen molar-refractivity contribution in [2.75, 3.05) is 0 Å². The van der Waals surface area contributed by atoms with E-state index in [-0.39, 0.29) is 6.42 Å². The minimum absolute atomic E-state index is 0.182. The van der Waals surface area contributed by atoms with Crippen molar-refractivity contribution in [2.45, 2.75) is 12.5 Å². The smallest absolute Gasteiger partial charge is 0.236 e. The lowest BCUT2D eigenvalue weighted by atomic mass is 10.2. The predicted octanol–water partition coefficient (Wildman–Crippen LogP) is -1.54. The molecule has 5 N–H and O–H groups in total. The number of nitrogens with one attached hydrogen (secondary N) is 1. The first kappa shape index (κ1) is 9.19. The van der Waals surface area contributed by atoms with E-state index >= 15 is 0 Å². The van der Waals surface area contributed by atoms with Gasteiger partial charge >= 0.3 is 0 Å². The Labute approximate surface area is 62.8 Å². The van der Waals surface area contributed by atoms with Crippen molar-refractivity contribution < 1.29 is 9.59 Å². The van der Waals surface area contributed by atoms with Crippen LogP contribution < -0.4 is 16.3 Å². The zero-order valence-electron chi connectivity index (χ0n) is 5.13. The highest BCUT2D eigenvalue weighted by atomic mass is 35.5. The summed E-state index contributed by atoms with van der Waals surface area (Å²) in [6, 6.07) is -0.876. The van der Waals surface area contributed by atoms with Gasteiger partial charge in [0.15, 0.2) is 0 Å². The van der Waals surface area contributed by atoms with Gasteiger partial charge < -0.3 is 11.5 Å². The highest BCUT2D eigenvalue weighted by molar-refractivity contribution is 6.15. The van der Waals surface area contributed by atoms with Crippen molar-refractivity contribution in [3.05, 3.63) is 0 Å². The third kappa shape index (κ3) is 3.26. The number of nitrogens with two attached hydrogens (primary N) is 2. The molecule has 0 radical (unpaired) electrons. The van der Waals surface area contributed by atoms with E-state index in [4.69, 9.17) is 23.2 Å². The van der Waals surface area contributed by atoms with E-state index in [0.29, 0.717) is 0 Å². The van der Waals surface area contributed by atoms with Gasteiger partial charge in [-0.2, -0.15) is 0 Å². The molecular formula is C4H8ClN3O2. The fraction of sp³-hybridized carbons (Fsp3) is 0.500. The van der Waals surface area contributed by atoms with Gasteiger partial charge in [0, 0.05) is 0 Å². The average Bonchev–Trinajstić information content (AvgIpc) is 1.81. The second-order valence-corrected chi connectivity index (χ2v) is 1.95. The number of carbonyl (C=O) groups excluding carboxylic acids is 2. The van der Waals surface area contributed by atoms with E-state index in [1.165, 1.54) is 0 Å². The van der Waals surface area contributed by atoms with Crippen molar-refractivity contribution >= 4 is 23.6 Å². The summed E-state index contributed by atoms with van der Waals surface area (Å²) in [5.41, 5.74) is 9.56. The van der Waals surface area contributed by atoms with E-state index < -0.39 is 17.9 Å². The molecule has 0 aromatic carbocycles. The van der Waals surface area contributed by atoms with Gasteiger partial charge in [-0.05, 0) is 11.8 Å². The molecule has 10 heavy (non-hydrogen) atoms. The summed E-state index contributed by atoms with van der Waals surface area (Å²) < 4.78 is 0. The highest BCUT2D eigenvalue weighted by Crippen LogP contribution is 1.90. The summed E-state index contributed by atoms with van der Waals surface area (Å²) in [6.45, 7) is 0. The van der Waals surface area contributed by atoms with Crippen LogP contribution in [0.25, 0.3) is 0 Å². The molecule has 0 saturated heterocycles. The molecule has 0 aliphatic heterocycles. The van der Waals surface area contributed by atoms with Crippen LogP contribution in [0.2, 0.25) is 0 Å². The predicted molar refractivity (Wildman–Crippen MR) is 35.8 cm³/mol. The first-order valence-electron chi connectivity index (χ1n) is 2.51. The Morgan fingerprint density at radius 3 is 2.10 bits per heavy atom. The van der Waals surface area contributed by atoms with E-state index in [1.54, 1.807) is 0 Å². The highest BCUT2D eigenvalue weighted by Gasteiger charge is 2.15. The van der Waals surface area contributed by atoms with Crippen molar-refractivity contribution in [3.63, 3.8) is 0 Å². The first-order valence-corrected chi connectivity index (χ1v) is 2.89. The Morgan fingerprint density at radius 2 is 2.00 bits per heavy atom. The van der Waals surface area contributed by atoms with Crippen LogP contribution in [0.4, 0.5) is 0 Å². The van der Waals surface area contributed by atoms with E-state index in [2.05, 4.69) is 0 Å². The quantitative estimate of drug-likeness (QED) is 0.441. The van der Waals surface area contributed by atoms with Crippen molar-refractivity contribution in [2.24, 2.45) is 11.5 Å². The molecule has 1 atom stereocenters. The molecular weight excluding hydrogens is 158 g/mol. The molecule has 0 aliphatic carbocycles. The molecule has 0 spiro atoms. The van der Waals surface area contributed by atoms with E-state index in [9.17, 15) is 9.59 Å². The van der Waals surface area contributed by atoms with Crippen LogP contribution >= 0.6 is 11.8 Å². The molecule has 0 saturated carbocycles. The van der Waals surface area contributed by atoms with E-state index in [1.807, 2.05) is 4.84 Å². The Hall–Kier alpha value is -0.810. The van der Waals surface area contributed by atoms with Gasteiger partial charge in [0.2, 0.25) is 11.8 Å². The van der Waals surface area contributed by atoms with Crippen LogP contribution in [-0.4, -0.2) is 17.9 Å². The van der Waals surface area contributed by atoms with Crippen molar-refractivity contribution in [1.82, 2.24) is 4.84 Å². The van der Waals surface area contributed by atoms with Gasteiger partial charge in [0.05, 0.1) is 6.42 Å². The zero-order chi connectivity index (χ0) is 8.15. The van der Waals surface area contributed by atoms with Gasteiger partial charge in [-0.25, -0.2) is 4.84 Å². The summed E-state index contributed by atoms with van der Waals surface area (Å²) >= 11 is 5.05. The maximum atomic E-state index is 10.3. The minimum Gasteiger partial charge on any atom is -0.370 e. The molecule has 0 aromatic rings. The number of hydrogen-bond donors (Lipinski definition) is 3. The lowest BCUT2D eigenvalue weighted by molar-refractivity contribution is -0.124. The van der Waals surface area contributed by atoms with E-state index in [0.717, 1.165) is 0 Å². The number of halogens is 1. The zero-order valence-corrected chi connectivity index (χ0v) is 5.89. The molecule has 0 aliphatic rings. The summed E-state index contributed by atoms with van der Waals surface area (Å²) in [4.78, 5) is 22.6. The molecule has 5 nitrogen and oxygen atoms in total. The second-order valence-electron chi connectivity index (χ2n) is 1.73. The summed E-state index contributed by atoms with van der Waals surface area (Å²) in [5.74, 6) is -1.33. The van der Waals surface area contributed by atoms with Crippen LogP contribution in [-0.2, 0) is 9.59 Å². The number of amides is 2. The van der Waals surface area contributed by atoms with Crippen LogP contribution in [0.5, 0.6) is 0 Å². The fourth-order valence-corrected chi connectivity index (χ4v) is 0.579. The first-order chi connectivity index (χ1) is 4.57. The largest absolute Gasteiger partial charge is 0.370 e. The topological polar surface area (TPSA) is 98.2 Å². The van der Waals surface area contributed by atoms with Gasteiger partial charge in [-0.3, -0.25) is 9.59 Å². The molecule has 0 rings (SSSR count). The normalized spacial score (nSPS) is 12.5. The lowest BCUT2D eigenvalue weighted by Crippen LogP contribution is -2.39. The van der Waals surface area contributed by atoms with Crippen molar-refractivity contribution in [1.29, 1.82) is 0 Å². The molecule has 1 unspecified atom stereocenters. The number of rotatable bonds is 4. The average molecular weight is 166 g/mol. The maximum absolute atomic E-state index is 10.3. The third-order valence-electron chi connectivity index (χ3n) is 0.880. The number of primary amides is 2. The molecule has 58 valence electrons. The van der Waals surface area contributed by atoms with Gasteiger partial charge in [0.25, 0.3) is 0 Å². The second kappa shape index (κ2) is 4.08. The molecule has 2 amide bonds. The Balaban J connectivity index is 3.83.